The van der Waals surface area contributed by atoms with Crippen LogP contribution in [0.25, 0.3) is 16.2 Å². The third-order valence-electron chi connectivity index (χ3n) is 7.12. The van der Waals surface area contributed by atoms with Gasteiger partial charge < -0.3 is 19.6 Å². The predicted molar refractivity (Wildman–Crippen MR) is 157 cm³/mol. The van der Waals surface area contributed by atoms with E-state index < -0.39 is 0 Å². The lowest BCUT2D eigenvalue weighted by molar-refractivity contribution is 0.157. The van der Waals surface area contributed by atoms with Gasteiger partial charge in [0.15, 0.2) is 10.9 Å². The average Bonchev–Trinajstić information content (AvgIpc) is 3.65. The van der Waals surface area contributed by atoms with Crippen molar-refractivity contribution in [1.29, 1.82) is 5.26 Å². The molecule has 39 heavy (non-hydrogen) atoms. The Bertz CT molecular complexity index is 1530. The van der Waals surface area contributed by atoms with Gasteiger partial charge in [-0.2, -0.15) is 9.78 Å². The first kappa shape index (κ1) is 26.9. The molecular weight excluding hydrogens is 530 g/mol. The number of nitrogens with zero attached hydrogens (tertiary/aromatic N) is 9. The van der Waals surface area contributed by atoms with Gasteiger partial charge in [0, 0.05) is 46.8 Å². The van der Waals surface area contributed by atoms with Gasteiger partial charge in [-0.15, -0.1) is 5.10 Å². The molecule has 2 amide bonds. The summed E-state index contributed by atoms with van der Waals surface area (Å²) < 4.78 is 1.90. The lowest BCUT2D eigenvalue weighted by atomic mass is 10.1. The molecule has 1 fully saturated rings. The molecule has 1 unspecified atom stereocenters. The Morgan fingerprint density at radius 1 is 1.15 bits per heavy atom. The Morgan fingerprint density at radius 3 is 2.56 bits per heavy atom. The van der Waals surface area contributed by atoms with Gasteiger partial charge in [0.25, 0.3) is 0 Å². The molecule has 0 bridgehead atoms. The molecule has 3 aromatic heterocycles. The zero-order valence-electron chi connectivity index (χ0n) is 23.2. The summed E-state index contributed by atoms with van der Waals surface area (Å²) in [5.74, 6) is 0.858. The third kappa shape index (κ3) is 5.04. The quantitative estimate of drug-likeness (QED) is 0.325. The molecule has 1 aliphatic heterocycles. The Balaban J connectivity index is 1.46. The van der Waals surface area contributed by atoms with E-state index in [1.165, 1.54) is 11.3 Å². The number of aromatic nitrogens is 4. The normalized spacial score (nSPS) is 15.4. The zero-order valence-corrected chi connectivity index (χ0v) is 24.8. The summed E-state index contributed by atoms with van der Waals surface area (Å²) in [6, 6.07) is 10.5. The van der Waals surface area contributed by atoms with Crippen molar-refractivity contribution in [3.05, 3.63) is 40.4 Å². The van der Waals surface area contributed by atoms with Crippen LogP contribution in [0.1, 0.15) is 35.9 Å². The number of fused-ring (bicyclic) bond motifs is 1. The first-order chi connectivity index (χ1) is 18.7. The number of anilines is 3. The molecule has 1 atom stereocenters. The minimum absolute atomic E-state index is 0.0116. The monoisotopic (exact) mass is 563 g/mol. The van der Waals surface area contributed by atoms with Crippen molar-refractivity contribution in [2.75, 3.05) is 51.1 Å². The number of imidazole rings is 1. The molecule has 0 saturated carbocycles. The van der Waals surface area contributed by atoms with Crippen LogP contribution < -0.4 is 9.80 Å². The number of hydrogen-bond acceptors (Lipinski definition) is 9. The summed E-state index contributed by atoms with van der Waals surface area (Å²) in [5, 5.41) is 16.5. The lowest BCUT2D eigenvalue weighted by Crippen LogP contribution is -2.51. The van der Waals surface area contributed by atoms with E-state index in [0.717, 1.165) is 70.2 Å². The summed E-state index contributed by atoms with van der Waals surface area (Å²) in [5.41, 5.74) is 3.71. The maximum absolute atomic E-state index is 12.5. The second kappa shape index (κ2) is 10.8. The minimum Gasteiger partial charge on any atom is -0.345 e. The maximum Gasteiger partial charge on any atom is 0.319 e. The Kier molecular flexibility index (Phi) is 7.46. The van der Waals surface area contributed by atoms with E-state index >= 15 is 0 Å². The maximum atomic E-state index is 12.5. The third-order valence-corrected chi connectivity index (χ3v) is 9.13. The van der Waals surface area contributed by atoms with Gasteiger partial charge in [0.05, 0.1) is 11.7 Å². The van der Waals surface area contributed by atoms with Gasteiger partial charge in [-0.25, -0.2) is 14.8 Å². The highest BCUT2D eigenvalue weighted by Gasteiger charge is 2.30. The number of piperidine rings is 1. The van der Waals surface area contributed by atoms with Crippen LogP contribution in [0.15, 0.2) is 24.3 Å². The van der Waals surface area contributed by atoms with Gasteiger partial charge in [-0.05, 0) is 26.2 Å². The molecule has 12 heteroatoms. The number of likely N-dealkylation sites (N-methyl/N-ethyl adjacent to an activating group) is 1. The summed E-state index contributed by atoms with van der Waals surface area (Å²) >= 11 is 2.94. The fourth-order valence-corrected chi connectivity index (χ4v) is 6.71. The zero-order chi connectivity index (χ0) is 27.8. The number of rotatable bonds is 6. The van der Waals surface area contributed by atoms with Gasteiger partial charge in [0.2, 0.25) is 10.1 Å². The highest BCUT2D eigenvalue weighted by atomic mass is 32.1. The molecule has 1 aliphatic rings. The molecular formula is C27H33N9OS2. The SMILES string of the molecule is CCc1nc2sc(N3CCCC(N(C)C(=O)N(C)C)C3)nn2c1N(C)c1nc(-c2ccc(C)cc2)c(C#N)s1. The van der Waals surface area contributed by atoms with Crippen LogP contribution in [0.3, 0.4) is 0 Å². The van der Waals surface area contributed by atoms with Gasteiger partial charge in [0.1, 0.15) is 16.6 Å². The average molecular weight is 564 g/mol. The van der Waals surface area contributed by atoms with E-state index in [2.05, 4.69) is 17.9 Å². The van der Waals surface area contributed by atoms with Crippen LogP contribution >= 0.6 is 22.7 Å². The second-order valence-corrected chi connectivity index (χ2v) is 12.0. The van der Waals surface area contributed by atoms with Crippen molar-refractivity contribution in [3.8, 4) is 17.3 Å². The molecule has 0 radical (unpaired) electrons. The smallest absolute Gasteiger partial charge is 0.319 e. The number of carbonyl (C=O) groups excluding carboxylic acids is 1. The second-order valence-electron chi connectivity index (χ2n) is 10.1. The first-order valence-electron chi connectivity index (χ1n) is 13.0. The molecule has 0 N–H and O–H groups in total. The topological polar surface area (TPSA) is 96.9 Å². The summed E-state index contributed by atoms with van der Waals surface area (Å²) in [6.45, 7) is 5.75. The summed E-state index contributed by atoms with van der Waals surface area (Å²) in [7, 11) is 7.40. The summed E-state index contributed by atoms with van der Waals surface area (Å²) in [4.78, 5) is 31.4. The van der Waals surface area contributed by atoms with Crippen molar-refractivity contribution in [1.82, 2.24) is 29.4 Å². The number of hydrogen-bond donors (Lipinski definition) is 0. The highest BCUT2D eigenvalue weighted by Crippen LogP contribution is 2.38. The molecule has 4 heterocycles. The van der Waals surface area contributed by atoms with Gasteiger partial charge in [-0.3, -0.25) is 0 Å². The fraction of sp³-hybridized carbons (Fsp3) is 0.444. The van der Waals surface area contributed by atoms with Crippen LogP contribution in [0.5, 0.6) is 0 Å². The first-order valence-corrected chi connectivity index (χ1v) is 14.6. The number of urea groups is 1. The molecule has 5 rings (SSSR count). The van der Waals surface area contributed by atoms with Crippen molar-refractivity contribution in [2.45, 2.75) is 39.2 Å². The number of thiazole rings is 1. The van der Waals surface area contributed by atoms with E-state index in [0.29, 0.717) is 10.6 Å². The molecule has 4 aromatic rings. The molecule has 1 saturated heterocycles. The summed E-state index contributed by atoms with van der Waals surface area (Å²) in [6.07, 6.45) is 2.70. The number of amides is 2. The van der Waals surface area contributed by atoms with E-state index in [1.54, 1.807) is 30.3 Å². The van der Waals surface area contributed by atoms with Crippen molar-refractivity contribution in [3.63, 3.8) is 0 Å². The Hall–Kier alpha value is -3.69. The van der Waals surface area contributed by atoms with Crippen LogP contribution in [0.4, 0.5) is 20.9 Å². The number of nitriles is 1. The largest absolute Gasteiger partial charge is 0.345 e. The van der Waals surface area contributed by atoms with Gasteiger partial charge >= 0.3 is 6.03 Å². The molecule has 204 valence electrons. The van der Waals surface area contributed by atoms with Crippen molar-refractivity contribution >= 4 is 49.7 Å². The molecule has 1 aromatic carbocycles. The minimum atomic E-state index is 0.0116. The lowest BCUT2D eigenvalue weighted by Gasteiger charge is -2.38. The predicted octanol–water partition coefficient (Wildman–Crippen LogP) is 5.01. The van der Waals surface area contributed by atoms with E-state index in [9.17, 15) is 10.1 Å². The fourth-order valence-electron chi connectivity index (χ4n) is 4.91. The van der Waals surface area contributed by atoms with Crippen molar-refractivity contribution < 1.29 is 4.79 Å². The van der Waals surface area contributed by atoms with Crippen LogP contribution in [-0.4, -0.2) is 82.7 Å². The van der Waals surface area contributed by atoms with Crippen molar-refractivity contribution in [2.24, 2.45) is 0 Å². The molecule has 10 nitrogen and oxygen atoms in total. The number of carbonyl (C=O) groups is 1. The Morgan fingerprint density at radius 2 is 1.90 bits per heavy atom. The van der Waals surface area contributed by atoms with Crippen LogP contribution in [0.2, 0.25) is 0 Å². The molecule has 0 spiro atoms. The highest BCUT2D eigenvalue weighted by molar-refractivity contribution is 7.20. The number of aryl methyl sites for hydroxylation is 2. The van der Waals surface area contributed by atoms with E-state index in [-0.39, 0.29) is 12.1 Å². The standard InChI is InChI=1S/C27H33N9OS2/c1-7-20-23(34(6)24-30-22(21(15-28)38-24)18-12-10-17(2)11-13-18)36-25(29-20)39-26(31-36)35-14-8-9-19(16-35)33(5)27(37)32(3)4/h10-13,19H,7-9,14,16H2,1-6H3. The van der Waals surface area contributed by atoms with Gasteiger partial charge in [-0.1, -0.05) is 59.4 Å². The number of benzene rings is 1. The van der Waals surface area contributed by atoms with Crippen LogP contribution in [0, 0.1) is 18.3 Å². The molecule has 0 aliphatic carbocycles. The van der Waals surface area contributed by atoms with E-state index in [4.69, 9.17) is 15.1 Å². The Labute approximate surface area is 236 Å². The van der Waals surface area contributed by atoms with Crippen LogP contribution in [-0.2, 0) is 6.42 Å². The van der Waals surface area contributed by atoms with E-state index in [1.807, 2.05) is 59.6 Å².